The number of hydrogen-bond donors (Lipinski definition) is 2. The predicted molar refractivity (Wildman–Crippen MR) is 110 cm³/mol. The zero-order valence-electron chi connectivity index (χ0n) is 13.7. The summed E-state index contributed by atoms with van der Waals surface area (Å²) in [6, 6.07) is 12.7. The Morgan fingerprint density at radius 3 is 2.48 bits per heavy atom. The third-order valence-electron chi connectivity index (χ3n) is 3.31. The molecule has 3 rings (SSSR count). The van der Waals surface area contributed by atoms with E-state index in [0.717, 1.165) is 16.2 Å². The maximum absolute atomic E-state index is 12.2. The standard InChI is InChI=1S/C17H14ClN3O3S3/c1-11(14-8-9-15(18)26-14)19-20-17(22)12-4-6-13(7-5-12)21-27(23,24)16-3-2-10-25-16/h2-10,19,21H,1H2,(H,20,22)/p-1. The van der Waals surface area contributed by atoms with Crippen molar-refractivity contribution >= 4 is 61.6 Å². The summed E-state index contributed by atoms with van der Waals surface area (Å²) < 4.78 is 27.7. The van der Waals surface area contributed by atoms with Gasteiger partial charge in [0, 0.05) is 11.6 Å². The Kier molecular flexibility index (Phi) is 5.85. The first kappa shape index (κ1) is 19.4. The van der Waals surface area contributed by atoms with E-state index in [2.05, 4.69) is 21.8 Å². The Labute approximate surface area is 169 Å². The van der Waals surface area contributed by atoms with Gasteiger partial charge in [-0.15, -0.1) is 22.7 Å². The molecule has 27 heavy (non-hydrogen) atoms. The number of nitrogens with zero attached hydrogens (tertiary/aromatic N) is 1. The summed E-state index contributed by atoms with van der Waals surface area (Å²) in [6.45, 7) is 3.80. The minimum absolute atomic E-state index is 0.217. The van der Waals surface area contributed by atoms with E-state index in [1.54, 1.807) is 23.6 Å². The Balaban J connectivity index is 1.66. The highest BCUT2D eigenvalue weighted by Gasteiger charge is 2.14. The molecule has 6 nitrogen and oxygen atoms in total. The van der Waals surface area contributed by atoms with Crippen molar-refractivity contribution in [2.24, 2.45) is 5.10 Å². The van der Waals surface area contributed by atoms with Gasteiger partial charge in [0.1, 0.15) is 4.21 Å². The minimum Gasteiger partial charge on any atom is -0.857 e. The molecule has 0 aliphatic rings. The number of thiophene rings is 2. The Morgan fingerprint density at radius 1 is 1.15 bits per heavy atom. The summed E-state index contributed by atoms with van der Waals surface area (Å²) in [7, 11) is -3.63. The molecule has 0 saturated heterocycles. The van der Waals surface area contributed by atoms with Crippen molar-refractivity contribution in [2.75, 3.05) is 4.72 Å². The van der Waals surface area contributed by atoms with E-state index in [1.807, 2.05) is 0 Å². The maximum atomic E-state index is 12.2. The van der Waals surface area contributed by atoms with Gasteiger partial charge in [-0.3, -0.25) is 10.1 Å². The highest BCUT2D eigenvalue weighted by atomic mass is 35.5. The van der Waals surface area contributed by atoms with Gasteiger partial charge in [-0.2, -0.15) is 5.10 Å². The first-order chi connectivity index (χ1) is 12.8. The highest BCUT2D eigenvalue weighted by molar-refractivity contribution is 7.94. The van der Waals surface area contributed by atoms with Gasteiger partial charge in [-0.05, 0) is 41.3 Å². The van der Waals surface area contributed by atoms with E-state index >= 15 is 0 Å². The van der Waals surface area contributed by atoms with Gasteiger partial charge in [-0.25, -0.2) is 8.42 Å². The van der Waals surface area contributed by atoms with E-state index in [9.17, 15) is 13.5 Å². The van der Waals surface area contributed by atoms with Crippen LogP contribution in [0.1, 0.15) is 10.4 Å². The van der Waals surface area contributed by atoms with E-state index in [4.69, 9.17) is 11.6 Å². The molecule has 2 N–H and O–H groups in total. The van der Waals surface area contributed by atoms with Crippen LogP contribution in [0.25, 0.3) is 5.70 Å². The first-order valence-electron chi connectivity index (χ1n) is 7.47. The summed E-state index contributed by atoms with van der Waals surface area (Å²) in [5, 5.41) is 17.6. The van der Waals surface area contributed by atoms with Crippen molar-refractivity contribution in [3.63, 3.8) is 0 Å². The fraction of sp³-hybridized carbons (Fsp3) is 0. The SMILES string of the molecule is C=C(NN=C([O-])c1ccc(NS(=O)(=O)c2cccs2)cc1)c1ccc(Cl)s1. The van der Waals surface area contributed by atoms with Crippen LogP contribution in [0, 0.1) is 0 Å². The van der Waals surface area contributed by atoms with Gasteiger partial charge >= 0.3 is 0 Å². The lowest BCUT2D eigenvalue weighted by molar-refractivity contribution is -0.213. The number of hydrazone groups is 1. The van der Waals surface area contributed by atoms with Crippen molar-refractivity contribution in [3.05, 3.63) is 75.3 Å². The molecule has 0 unspecified atom stereocenters. The lowest BCUT2D eigenvalue weighted by Crippen LogP contribution is -2.22. The molecule has 0 bridgehead atoms. The molecule has 0 saturated carbocycles. The van der Waals surface area contributed by atoms with Crippen molar-refractivity contribution < 1.29 is 13.5 Å². The molecule has 0 aliphatic heterocycles. The van der Waals surface area contributed by atoms with Gasteiger partial charge in [0.05, 0.1) is 14.9 Å². The summed E-state index contributed by atoms with van der Waals surface area (Å²) in [5.41, 5.74) is 3.72. The average Bonchev–Trinajstić information content (AvgIpc) is 3.32. The fourth-order valence-electron chi connectivity index (χ4n) is 2.02. The van der Waals surface area contributed by atoms with Crippen LogP contribution < -0.4 is 15.3 Å². The quantitative estimate of drug-likeness (QED) is 0.335. The third kappa shape index (κ3) is 4.89. The molecular formula is C17H13ClN3O3S3-. The Bertz CT molecular complexity index is 1070. The number of nitrogens with one attached hydrogen (secondary N) is 2. The van der Waals surface area contributed by atoms with Crippen molar-refractivity contribution in [1.82, 2.24) is 5.43 Å². The van der Waals surface area contributed by atoms with Gasteiger partial charge < -0.3 is 5.11 Å². The molecule has 0 fully saturated rings. The molecule has 140 valence electrons. The van der Waals surface area contributed by atoms with Crippen LogP contribution in [-0.4, -0.2) is 14.3 Å². The van der Waals surface area contributed by atoms with Gasteiger partial charge in [0.2, 0.25) is 0 Å². The second kappa shape index (κ2) is 8.13. The average molecular weight is 439 g/mol. The number of hydrogen-bond acceptors (Lipinski definition) is 7. The molecule has 0 spiro atoms. The zero-order chi connectivity index (χ0) is 19.4. The molecule has 0 radical (unpaired) electrons. The topological polar surface area (TPSA) is 93.6 Å². The number of benzene rings is 1. The van der Waals surface area contributed by atoms with Crippen LogP contribution in [0.4, 0.5) is 5.69 Å². The Hall–Kier alpha value is -2.33. The number of anilines is 1. The lowest BCUT2D eigenvalue weighted by Gasteiger charge is -2.13. The smallest absolute Gasteiger partial charge is 0.271 e. The lowest BCUT2D eigenvalue weighted by atomic mass is 10.2. The largest absolute Gasteiger partial charge is 0.857 e. The van der Waals surface area contributed by atoms with Gasteiger partial charge in [0.15, 0.2) is 0 Å². The molecule has 10 heteroatoms. The van der Waals surface area contributed by atoms with E-state index in [-0.39, 0.29) is 4.21 Å². The summed E-state index contributed by atoms with van der Waals surface area (Å²) >= 11 is 8.30. The molecule has 0 aliphatic carbocycles. The normalized spacial score (nSPS) is 12.0. The molecule has 0 amide bonds. The maximum Gasteiger partial charge on any atom is 0.271 e. The van der Waals surface area contributed by atoms with Crippen LogP contribution >= 0.6 is 34.3 Å². The predicted octanol–water partition coefficient (Wildman–Crippen LogP) is 3.55. The Morgan fingerprint density at radius 2 is 1.89 bits per heavy atom. The van der Waals surface area contributed by atoms with Crippen molar-refractivity contribution in [3.8, 4) is 0 Å². The van der Waals surface area contributed by atoms with Crippen LogP contribution in [0.5, 0.6) is 0 Å². The minimum atomic E-state index is -3.63. The summed E-state index contributed by atoms with van der Waals surface area (Å²) in [6.07, 6.45) is 0. The van der Waals surface area contributed by atoms with E-state index in [1.165, 1.54) is 41.7 Å². The number of sulfonamides is 1. The molecule has 0 atom stereocenters. The summed E-state index contributed by atoms with van der Waals surface area (Å²) in [4.78, 5) is 0.773. The van der Waals surface area contributed by atoms with Crippen LogP contribution in [0.15, 0.2) is 69.8 Å². The second-order valence-electron chi connectivity index (χ2n) is 5.23. The van der Waals surface area contributed by atoms with Crippen molar-refractivity contribution in [2.45, 2.75) is 4.21 Å². The first-order valence-corrected chi connectivity index (χ1v) is 11.0. The van der Waals surface area contributed by atoms with Crippen LogP contribution in [-0.2, 0) is 10.0 Å². The summed E-state index contributed by atoms with van der Waals surface area (Å²) in [5.74, 6) is -0.508. The number of rotatable bonds is 7. The molecule has 2 heterocycles. The van der Waals surface area contributed by atoms with Crippen molar-refractivity contribution in [1.29, 1.82) is 0 Å². The second-order valence-corrected chi connectivity index (χ2v) is 9.80. The highest BCUT2D eigenvalue weighted by Crippen LogP contribution is 2.25. The number of halogens is 1. The van der Waals surface area contributed by atoms with E-state index in [0.29, 0.717) is 21.3 Å². The monoisotopic (exact) mass is 438 g/mol. The molecule has 3 aromatic rings. The van der Waals surface area contributed by atoms with Crippen LogP contribution in [0.2, 0.25) is 4.34 Å². The zero-order valence-corrected chi connectivity index (χ0v) is 16.9. The van der Waals surface area contributed by atoms with Gasteiger partial charge in [-0.1, -0.05) is 36.4 Å². The van der Waals surface area contributed by atoms with Gasteiger partial charge in [0.25, 0.3) is 10.0 Å². The third-order valence-corrected chi connectivity index (χ3v) is 7.38. The molecular weight excluding hydrogens is 426 g/mol. The molecule has 2 aromatic heterocycles. The van der Waals surface area contributed by atoms with E-state index < -0.39 is 15.9 Å². The van der Waals surface area contributed by atoms with Crippen LogP contribution in [0.3, 0.4) is 0 Å². The molecule has 1 aromatic carbocycles. The fourth-order valence-corrected chi connectivity index (χ4v) is 5.03.